The number of ether oxygens (including phenoxy) is 2. The molecule has 0 radical (unpaired) electrons. The van der Waals surface area contributed by atoms with Crippen molar-refractivity contribution >= 4 is 5.91 Å². The van der Waals surface area contributed by atoms with Crippen molar-refractivity contribution in [3.05, 3.63) is 23.8 Å². The molecular weight excluding hydrogens is 270 g/mol. The quantitative estimate of drug-likeness (QED) is 0.860. The molecule has 1 amide bonds. The van der Waals surface area contributed by atoms with E-state index in [-0.39, 0.29) is 5.91 Å². The molecule has 1 saturated heterocycles. The van der Waals surface area contributed by atoms with Crippen LogP contribution in [0, 0.1) is 0 Å². The van der Waals surface area contributed by atoms with Crippen LogP contribution in [0.1, 0.15) is 10.4 Å². The summed E-state index contributed by atoms with van der Waals surface area (Å²) in [5, 5.41) is 0. The zero-order chi connectivity index (χ0) is 14.7. The van der Waals surface area contributed by atoms with Crippen LogP contribution in [-0.2, 0) is 0 Å². The number of amides is 1. The predicted octanol–water partition coefficient (Wildman–Crippen LogP) is 0.174. The summed E-state index contributed by atoms with van der Waals surface area (Å²) in [6.45, 7) is 5.90. The molecule has 2 aliphatic heterocycles. The first-order valence-electron chi connectivity index (χ1n) is 7.39. The van der Waals surface area contributed by atoms with E-state index in [2.05, 4.69) is 4.90 Å². The molecule has 0 bridgehead atoms. The highest BCUT2D eigenvalue weighted by Crippen LogP contribution is 2.31. The van der Waals surface area contributed by atoms with Crippen molar-refractivity contribution in [2.24, 2.45) is 5.73 Å². The zero-order valence-electron chi connectivity index (χ0n) is 12.1. The lowest BCUT2D eigenvalue weighted by molar-refractivity contribution is 0.0640. The van der Waals surface area contributed by atoms with E-state index in [0.29, 0.717) is 36.8 Å². The lowest BCUT2D eigenvalue weighted by atomic mass is 10.1. The molecule has 0 aromatic heterocycles. The Bertz CT molecular complexity index is 513. The normalized spacial score (nSPS) is 18.6. The maximum absolute atomic E-state index is 12.5. The second kappa shape index (κ2) is 6.32. The van der Waals surface area contributed by atoms with Gasteiger partial charge in [-0.2, -0.15) is 0 Å². The van der Waals surface area contributed by atoms with Gasteiger partial charge in [0, 0.05) is 44.8 Å². The highest BCUT2D eigenvalue weighted by Gasteiger charge is 2.23. The average molecular weight is 291 g/mol. The molecular formula is C15H21N3O3. The lowest BCUT2D eigenvalue weighted by Crippen LogP contribution is -2.49. The van der Waals surface area contributed by atoms with E-state index in [1.807, 2.05) is 17.0 Å². The number of carbonyl (C=O) groups excluding carboxylic acids is 1. The molecule has 2 N–H and O–H groups in total. The molecule has 2 aliphatic rings. The molecule has 0 saturated carbocycles. The van der Waals surface area contributed by atoms with Crippen molar-refractivity contribution in [1.82, 2.24) is 9.80 Å². The second-order valence-electron chi connectivity index (χ2n) is 5.28. The Morgan fingerprint density at radius 3 is 2.52 bits per heavy atom. The van der Waals surface area contributed by atoms with Gasteiger partial charge in [-0.3, -0.25) is 9.69 Å². The van der Waals surface area contributed by atoms with Crippen LogP contribution >= 0.6 is 0 Å². The smallest absolute Gasteiger partial charge is 0.254 e. The van der Waals surface area contributed by atoms with Gasteiger partial charge in [-0.05, 0) is 18.2 Å². The third-order valence-corrected chi connectivity index (χ3v) is 3.89. The zero-order valence-corrected chi connectivity index (χ0v) is 12.1. The molecule has 0 aliphatic carbocycles. The van der Waals surface area contributed by atoms with Gasteiger partial charge < -0.3 is 20.1 Å². The van der Waals surface area contributed by atoms with Crippen LogP contribution in [0.4, 0.5) is 0 Å². The van der Waals surface area contributed by atoms with Gasteiger partial charge in [-0.25, -0.2) is 0 Å². The number of nitrogens with two attached hydrogens (primary N) is 1. The van der Waals surface area contributed by atoms with Gasteiger partial charge in [0.05, 0.1) is 0 Å². The summed E-state index contributed by atoms with van der Waals surface area (Å²) in [5.74, 6) is 1.43. The first kappa shape index (κ1) is 14.2. The molecule has 6 nitrogen and oxygen atoms in total. The van der Waals surface area contributed by atoms with Crippen molar-refractivity contribution in [2.75, 3.05) is 52.5 Å². The molecule has 0 atom stereocenters. The first-order chi connectivity index (χ1) is 10.3. The highest BCUT2D eigenvalue weighted by atomic mass is 16.6. The minimum absolute atomic E-state index is 0.0550. The SMILES string of the molecule is NCCN1CCN(C(=O)c2ccc3c(c2)OCCO3)CC1. The van der Waals surface area contributed by atoms with Crippen LogP contribution < -0.4 is 15.2 Å². The van der Waals surface area contributed by atoms with E-state index in [0.717, 1.165) is 32.7 Å². The van der Waals surface area contributed by atoms with Gasteiger partial charge in [0.25, 0.3) is 5.91 Å². The number of piperazine rings is 1. The number of nitrogens with zero attached hydrogens (tertiary/aromatic N) is 2. The van der Waals surface area contributed by atoms with Gasteiger partial charge in [0.15, 0.2) is 11.5 Å². The average Bonchev–Trinajstić information content (AvgIpc) is 2.55. The largest absolute Gasteiger partial charge is 0.486 e. The molecule has 1 aromatic rings. The van der Waals surface area contributed by atoms with E-state index in [4.69, 9.17) is 15.2 Å². The Balaban J connectivity index is 1.66. The van der Waals surface area contributed by atoms with Gasteiger partial charge in [0.1, 0.15) is 13.2 Å². The molecule has 114 valence electrons. The van der Waals surface area contributed by atoms with Crippen LogP contribution in [-0.4, -0.2) is 68.2 Å². The number of fused-ring (bicyclic) bond motifs is 1. The fourth-order valence-electron chi connectivity index (χ4n) is 2.72. The topological polar surface area (TPSA) is 68.0 Å². The summed E-state index contributed by atoms with van der Waals surface area (Å²) in [6.07, 6.45) is 0. The third-order valence-electron chi connectivity index (χ3n) is 3.89. The van der Waals surface area contributed by atoms with Crippen molar-refractivity contribution in [3.8, 4) is 11.5 Å². The molecule has 6 heteroatoms. The van der Waals surface area contributed by atoms with Gasteiger partial charge >= 0.3 is 0 Å². The minimum atomic E-state index is 0.0550. The number of rotatable bonds is 3. The van der Waals surface area contributed by atoms with Gasteiger partial charge in [0.2, 0.25) is 0 Å². The Hall–Kier alpha value is -1.79. The summed E-state index contributed by atoms with van der Waals surface area (Å²) >= 11 is 0. The van der Waals surface area contributed by atoms with Crippen LogP contribution in [0.5, 0.6) is 11.5 Å². The van der Waals surface area contributed by atoms with Crippen LogP contribution in [0.25, 0.3) is 0 Å². The standard InChI is InChI=1S/C15H21N3O3/c16-3-4-17-5-7-18(8-6-17)15(19)12-1-2-13-14(11-12)21-10-9-20-13/h1-2,11H,3-10,16H2. The summed E-state index contributed by atoms with van der Waals surface area (Å²) in [4.78, 5) is 16.7. The monoisotopic (exact) mass is 291 g/mol. The van der Waals surface area contributed by atoms with Crippen molar-refractivity contribution in [2.45, 2.75) is 0 Å². The van der Waals surface area contributed by atoms with Gasteiger partial charge in [-0.1, -0.05) is 0 Å². The van der Waals surface area contributed by atoms with E-state index >= 15 is 0 Å². The van der Waals surface area contributed by atoms with Crippen molar-refractivity contribution in [1.29, 1.82) is 0 Å². The summed E-state index contributed by atoms with van der Waals surface area (Å²) in [5.41, 5.74) is 6.22. The summed E-state index contributed by atoms with van der Waals surface area (Å²) in [6, 6.07) is 5.40. The molecule has 0 unspecified atom stereocenters. The molecule has 1 fully saturated rings. The summed E-state index contributed by atoms with van der Waals surface area (Å²) in [7, 11) is 0. The maximum Gasteiger partial charge on any atom is 0.254 e. The van der Waals surface area contributed by atoms with E-state index in [9.17, 15) is 4.79 Å². The Labute approximate surface area is 124 Å². The molecule has 3 rings (SSSR count). The predicted molar refractivity (Wildman–Crippen MR) is 78.8 cm³/mol. The molecule has 0 spiro atoms. The fourth-order valence-corrected chi connectivity index (χ4v) is 2.72. The van der Waals surface area contributed by atoms with E-state index in [1.165, 1.54) is 0 Å². The van der Waals surface area contributed by atoms with Crippen LogP contribution in [0.15, 0.2) is 18.2 Å². The maximum atomic E-state index is 12.5. The Morgan fingerprint density at radius 2 is 1.81 bits per heavy atom. The Morgan fingerprint density at radius 1 is 1.10 bits per heavy atom. The molecule has 21 heavy (non-hydrogen) atoms. The second-order valence-corrected chi connectivity index (χ2v) is 5.28. The van der Waals surface area contributed by atoms with E-state index < -0.39 is 0 Å². The fraction of sp³-hybridized carbons (Fsp3) is 0.533. The highest BCUT2D eigenvalue weighted by molar-refractivity contribution is 5.95. The number of benzene rings is 1. The Kier molecular flexibility index (Phi) is 4.26. The van der Waals surface area contributed by atoms with Crippen LogP contribution in [0.3, 0.4) is 0 Å². The number of hydrogen-bond acceptors (Lipinski definition) is 5. The number of hydrogen-bond donors (Lipinski definition) is 1. The van der Waals surface area contributed by atoms with Crippen molar-refractivity contribution < 1.29 is 14.3 Å². The summed E-state index contributed by atoms with van der Waals surface area (Å²) < 4.78 is 11.0. The lowest BCUT2D eigenvalue weighted by Gasteiger charge is -2.34. The first-order valence-corrected chi connectivity index (χ1v) is 7.39. The third kappa shape index (κ3) is 3.11. The molecule has 2 heterocycles. The van der Waals surface area contributed by atoms with Crippen LogP contribution in [0.2, 0.25) is 0 Å². The van der Waals surface area contributed by atoms with Crippen molar-refractivity contribution in [3.63, 3.8) is 0 Å². The molecule has 1 aromatic carbocycles. The van der Waals surface area contributed by atoms with Gasteiger partial charge in [-0.15, -0.1) is 0 Å². The number of carbonyl (C=O) groups is 1. The minimum Gasteiger partial charge on any atom is -0.486 e. The van der Waals surface area contributed by atoms with E-state index in [1.54, 1.807) is 6.07 Å².